The summed E-state index contributed by atoms with van der Waals surface area (Å²) >= 11 is 0. The van der Waals surface area contributed by atoms with Crippen LogP contribution in [0.4, 0.5) is 0 Å². The van der Waals surface area contributed by atoms with E-state index in [0.717, 1.165) is 74.4 Å². The molecule has 47 heavy (non-hydrogen) atoms. The molecule has 7 rings (SSSR count). The Balaban J connectivity index is 1.46. The van der Waals surface area contributed by atoms with Gasteiger partial charge in [0.05, 0.1) is 11.1 Å². The molecular weight excluding hydrogens is 576 g/mol. The third-order valence-corrected chi connectivity index (χ3v) is 9.05. The molecule has 0 bridgehead atoms. The zero-order valence-corrected chi connectivity index (χ0v) is 29.5. The minimum absolute atomic E-state index is 0.202. The fourth-order valence-corrected chi connectivity index (χ4v) is 6.79. The van der Waals surface area contributed by atoms with E-state index in [4.69, 9.17) is 24.7 Å². The normalized spacial score (nSPS) is 13.2. The molecule has 4 aromatic carbocycles. The van der Waals surface area contributed by atoms with Gasteiger partial charge in [0.2, 0.25) is 0 Å². The molecule has 1 aliphatic rings. The molecule has 0 aliphatic carbocycles. The minimum Gasteiger partial charge on any atom is -0.456 e. The fourth-order valence-electron chi connectivity index (χ4n) is 6.79. The summed E-state index contributed by atoms with van der Waals surface area (Å²) in [5, 5.41) is 6.95. The highest BCUT2D eigenvalue weighted by atomic mass is 16.5. The fraction of sp³-hybridized carbons (Fsp3) is 0.381. The van der Waals surface area contributed by atoms with Gasteiger partial charge in [-0.25, -0.2) is 15.0 Å². The molecule has 0 radical (unpaired) electrons. The number of hydrogen-bond acceptors (Lipinski definition) is 5. The Labute approximate surface area is 278 Å². The van der Waals surface area contributed by atoms with E-state index >= 15 is 0 Å². The SMILES string of the molecule is CC(C)Cc1ccc2c(CC(C)C)c3c(cc2c1)-c1nccc2c1c(cc1ccc(-c4nc(C(C)(C)C)nc(C(C)(C)C)n4)cc12)O3. The first-order valence-corrected chi connectivity index (χ1v) is 17.1. The Morgan fingerprint density at radius 2 is 1.36 bits per heavy atom. The molecule has 0 N–H and O–H groups in total. The summed E-state index contributed by atoms with van der Waals surface area (Å²) in [7, 11) is 0. The number of rotatable bonds is 5. The van der Waals surface area contributed by atoms with Gasteiger partial charge in [0.1, 0.15) is 23.1 Å². The van der Waals surface area contributed by atoms with Crippen LogP contribution < -0.4 is 4.74 Å². The zero-order valence-electron chi connectivity index (χ0n) is 29.5. The van der Waals surface area contributed by atoms with E-state index in [1.54, 1.807) is 0 Å². The van der Waals surface area contributed by atoms with E-state index in [1.807, 2.05) is 6.20 Å². The summed E-state index contributed by atoms with van der Waals surface area (Å²) in [6.07, 6.45) is 3.94. The van der Waals surface area contributed by atoms with E-state index in [0.29, 0.717) is 17.7 Å². The van der Waals surface area contributed by atoms with Crippen LogP contribution in [0.5, 0.6) is 11.5 Å². The highest BCUT2D eigenvalue weighted by Gasteiger charge is 2.28. The van der Waals surface area contributed by atoms with Crippen molar-refractivity contribution in [3.05, 3.63) is 83.6 Å². The molecule has 1 aliphatic heterocycles. The first-order valence-electron chi connectivity index (χ1n) is 17.1. The molecule has 6 aromatic rings. The Hall–Kier alpha value is -4.38. The van der Waals surface area contributed by atoms with Gasteiger partial charge in [-0.05, 0) is 81.4 Å². The van der Waals surface area contributed by atoms with Crippen molar-refractivity contribution >= 4 is 32.3 Å². The van der Waals surface area contributed by atoms with Crippen molar-refractivity contribution in [1.82, 2.24) is 19.9 Å². The van der Waals surface area contributed by atoms with E-state index < -0.39 is 0 Å². The maximum Gasteiger partial charge on any atom is 0.163 e. The molecule has 2 aromatic heterocycles. The van der Waals surface area contributed by atoms with Crippen LogP contribution in [-0.2, 0) is 23.7 Å². The number of ether oxygens (including phenoxy) is 1. The summed E-state index contributed by atoms with van der Waals surface area (Å²) in [4.78, 5) is 19.9. The lowest BCUT2D eigenvalue weighted by Crippen LogP contribution is -2.24. The van der Waals surface area contributed by atoms with Crippen molar-refractivity contribution in [3.8, 4) is 34.1 Å². The highest BCUT2D eigenvalue weighted by Crippen LogP contribution is 2.51. The van der Waals surface area contributed by atoms with Crippen LogP contribution >= 0.6 is 0 Å². The molecule has 0 saturated carbocycles. The number of fused-ring (bicyclic) bond motifs is 5. The van der Waals surface area contributed by atoms with Gasteiger partial charge >= 0.3 is 0 Å². The van der Waals surface area contributed by atoms with Crippen molar-refractivity contribution in [3.63, 3.8) is 0 Å². The zero-order chi connectivity index (χ0) is 33.4. The average Bonchev–Trinajstić information content (AvgIpc) is 2.99. The monoisotopic (exact) mass is 622 g/mol. The Kier molecular flexibility index (Phi) is 7.38. The van der Waals surface area contributed by atoms with Crippen molar-refractivity contribution in [2.75, 3.05) is 0 Å². The van der Waals surface area contributed by atoms with Crippen LogP contribution in [0.2, 0.25) is 0 Å². The molecule has 0 amide bonds. The van der Waals surface area contributed by atoms with Crippen molar-refractivity contribution < 1.29 is 4.74 Å². The standard InChI is InChI=1S/C42H46N4O/c1-23(2)17-25-11-14-29-28(19-25)21-33-36-35-30(15-16-43-36)31-20-27(38-44-39(41(5,6)7)46-40(45-38)42(8,9)10)13-12-26(31)22-34(35)47-37(33)32(29)18-24(3)4/h11-16,19-24H,17-18H2,1-10H3. The molecule has 240 valence electrons. The number of pyridine rings is 1. The Morgan fingerprint density at radius 3 is 2.02 bits per heavy atom. The van der Waals surface area contributed by atoms with Crippen LogP contribution in [0.25, 0.3) is 55.0 Å². The third-order valence-electron chi connectivity index (χ3n) is 9.05. The lowest BCUT2D eigenvalue weighted by atomic mass is 9.88. The van der Waals surface area contributed by atoms with Crippen LogP contribution in [0.3, 0.4) is 0 Å². The first-order chi connectivity index (χ1) is 22.2. The van der Waals surface area contributed by atoms with Crippen LogP contribution in [0, 0.1) is 11.8 Å². The van der Waals surface area contributed by atoms with Gasteiger partial charge in [0.15, 0.2) is 5.82 Å². The number of hydrogen-bond donors (Lipinski definition) is 0. The van der Waals surface area contributed by atoms with Gasteiger partial charge in [0, 0.05) is 33.7 Å². The largest absolute Gasteiger partial charge is 0.456 e. The van der Waals surface area contributed by atoms with Crippen molar-refractivity contribution in [2.24, 2.45) is 11.8 Å². The van der Waals surface area contributed by atoms with E-state index in [-0.39, 0.29) is 10.8 Å². The lowest BCUT2D eigenvalue weighted by Gasteiger charge is -2.26. The molecular formula is C42H46N4O. The summed E-state index contributed by atoms with van der Waals surface area (Å²) in [5.74, 6) is 5.21. The average molecular weight is 623 g/mol. The van der Waals surface area contributed by atoms with Crippen LogP contribution in [0.15, 0.2) is 60.8 Å². The summed E-state index contributed by atoms with van der Waals surface area (Å²) < 4.78 is 6.94. The quantitative estimate of drug-likeness (QED) is 0.179. The number of nitrogens with zero attached hydrogens (tertiary/aromatic N) is 4. The van der Waals surface area contributed by atoms with Gasteiger partial charge in [0.25, 0.3) is 0 Å². The van der Waals surface area contributed by atoms with Gasteiger partial charge < -0.3 is 4.74 Å². The minimum atomic E-state index is -0.202. The Bertz CT molecular complexity index is 2170. The summed E-state index contributed by atoms with van der Waals surface area (Å²) in [5.41, 5.74) is 5.27. The predicted molar refractivity (Wildman–Crippen MR) is 196 cm³/mol. The van der Waals surface area contributed by atoms with E-state index in [2.05, 4.69) is 124 Å². The topological polar surface area (TPSA) is 60.8 Å². The first kappa shape index (κ1) is 31.2. The van der Waals surface area contributed by atoms with Gasteiger partial charge in [-0.2, -0.15) is 0 Å². The Morgan fingerprint density at radius 1 is 0.660 bits per heavy atom. The highest BCUT2D eigenvalue weighted by molar-refractivity contribution is 6.17. The van der Waals surface area contributed by atoms with Crippen molar-refractivity contribution in [1.29, 1.82) is 0 Å². The van der Waals surface area contributed by atoms with E-state index in [9.17, 15) is 0 Å². The van der Waals surface area contributed by atoms with E-state index in [1.165, 1.54) is 21.9 Å². The third kappa shape index (κ3) is 5.64. The smallest absolute Gasteiger partial charge is 0.163 e. The molecule has 0 fully saturated rings. The second-order valence-electron chi connectivity index (χ2n) is 16.3. The van der Waals surface area contributed by atoms with Gasteiger partial charge in [-0.15, -0.1) is 0 Å². The number of aromatic nitrogens is 4. The molecule has 0 saturated heterocycles. The lowest BCUT2D eigenvalue weighted by molar-refractivity contribution is 0.476. The maximum atomic E-state index is 6.94. The van der Waals surface area contributed by atoms with Gasteiger partial charge in [-0.3, -0.25) is 4.98 Å². The number of benzene rings is 4. The summed E-state index contributed by atoms with van der Waals surface area (Å²) in [6, 6.07) is 20.1. The molecule has 0 atom stereocenters. The molecule has 0 unspecified atom stereocenters. The van der Waals surface area contributed by atoms with Crippen molar-refractivity contribution in [2.45, 2.75) is 92.9 Å². The maximum absolute atomic E-state index is 6.94. The van der Waals surface area contributed by atoms with Gasteiger partial charge in [-0.1, -0.05) is 99.6 Å². The molecule has 0 spiro atoms. The van der Waals surface area contributed by atoms with Crippen LogP contribution in [0.1, 0.15) is 92.0 Å². The second-order valence-corrected chi connectivity index (χ2v) is 16.3. The molecule has 5 nitrogen and oxygen atoms in total. The molecule has 3 heterocycles. The predicted octanol–water partition coefficient (Wildman–Crippen LogP) is 11.2. The molecule has 5 heteroatoms. The summed E-state index contributed by atoms with van der Waals surface area (Å²) in [6.45, 7) is 22.0. The second kappa shape index (κ2) is 11.1. The van der Waals surface area contributed by atoms with Crippen LogP contribution in [-0.4, -0.2) is 19.9 Å².